The van der Waals surface area contributed by atoms with Crippen molar-refractivity contribution in [1.82, 2.24) is 4.23 Å². The fraction of sp³-hybridized carbons (Fsp3) is 0.333. The second kappa shape index (κ2) is 7.58. The molecule has 0 aliphatic heterocycles. The molecule has 0 aromatic heterocycles. The van der Waals surface area contributed by atoms with Crippen LogP contribution in [0.4, 0.5) is 0 Å². The van der Waals surface area contributed by atoms with Crippen LogP contribution in [-0.4, -0.2) is 34.4 Å². The number of nitrogens with zero attached hydrogens (tertiary/aromatic N) is 1. The summed E-state index contributed by atoms with van der Waals surface area (Å²) in [7, 11) is -5.21. The highest BCUT2D eigenvalue weighted by Crippen LogP contribution is 2.28. The van der Waals surface area contributed by atoms with E-state index in [2.05, 4.69) is 117 Å². The maximum Gasteiger partial charge on any atom is 0.173 e. The van der Waals surface area contributed by atoms with Gasteiger partial charge in [-0.15, -0.1) is 6.58 Å². The van der Waals surface area contributed by atoms with Gasteiger partial charge in [0.15, 0.2) is 7.75 Å². The molecule has 0 saturated heterocycles. The first-order chi connectivity index (χ1) is 11.7. The molecule has 4 heteroatoms. The topological polar surface area (TPSA) is 3.24 Å². The molecule has 0 spiro atoms. The van der Waals surface area contributed by atoms with Crippen molar-refractivity contribution >= 4 is 34.0 Å². The Morgan fingerprint density at radius 3 is 1.44 bits per heavy atom. The molecule has 0 aliphatic carbocycles. The van der Waals surface area contributed by atoms with Crippen molar-refractivity contribution in [3.05, 3.63) is 73.3 Å². The zero-order valence-electron chi connectivity index (χ0n) is 16.7. The normalized spacial score (nSPS) is 13.1. The summed E-state index contributed by atoms with van der Waals surface area (Å²) >= 11 is 0. The van der Waals surface area contributed by atoms with Crippen molar-refractivity contribution in [3.63, 3.8) is 0 Å². The Labute approximate surface area is 157 Å². The first-order valence-corrected chi connectivity index (χ1v) is 19.0. The molecule has 0 unspecified atom stereocenters. The van der Waals surface area contributed by atoms with Crippen molar-refractivity contribution in [1.29, 1.82) is 0 Å². The predicted molar refractivity (Wildman–Crippen MR) is 122 cm³/mol. The molecule has 0 radical (unpaired) electrons. The van der Waals surface area contributed by atoms with Crippen LogP contribution in [0.5, 0.6) is 0 Å². The molecule has 0 aliphatic rings. The van der Waals surface area contributed by atoms with Crippen LogP contribution >= 0.6 is 0 Å². The van der Waals surface area contributed by atoms with Gasteiger partial charge in [-0.2, -0.15) is 0 Å². The van der Waals surface area contributed by atoms with Crippen molar-refractivity contribution in [2.24, 2.45) is 0 Å². The maximum atomic E-state index is 4.12. The molecule has 0 atom stereocenters. The fourth-order valence-electron chi connectivity index (χ4n) is 4.15. The number of benzene rings is 2. The molecule has 0 fully saturated rings. The monoisotopic (exact) mass is 383 g/mol. The Morgan fingerprint density at radius 2 is 1.16 bits per heavy atom. The molecule has 0 saturated carbocycles. The van der Waals surface area contributed by atoms with Crippen LogP contribution in [0, 0.1) is 0 Å². The molecule has 2 rings (SSSR count). The summed E-state index contributed by atoms with van der Waals surface area (Å²) in [5.74, 6) is 0. The van der Waals surface area contributed by atoms with Crippen molar-refractivity contribution in [2.75, 3.05) is 6.54 Å². The Bertz CT molecular complexity index is 645. The smallest absolute Gasteiger partial charge is 0.173 e. The molecule has 2 aromatic rings. The van der Waals surface area contributed by atoms with Crippen molar-refractivity contribution < 1.29 is 0 Å². The third kappa shape index (κ3) is 3.82. The van der Waals surface area contributed by atoms with Gasteiger partial charge < -0.3 is 4.23 Å². The van der Waals surface area contributed by atoms with Gasteiger partial charge in [0.1, 0.15) is 8.24 Å². The second-order valence-electron chi connectivity index (χ2n) is 8.76. The molecule has 0 bridgehead atoms. The first kappa shape index (κ1) is 20.1. The quantitative estimate of drug-likeness (QED) is 0.503. The molecule has 0 N–H and O–H groups in total. The van der Waals surface area contributed by atoms with E-state index in [-0.39, 0.29) is 0 Å². The van der Waals surface area contributed by atoms with E-state index in [1.807, 2.05) is 0 Å². The average Bonchev–Trinajstić information content (AvgIpc) is 2.54. The molecule has 25 heavy (non-hydrogen) atoms. The molecule has 0 heterocycles. The fourth-order valence-corrected chi connectivity index (χ4v) is 29.8. The highest BCUT2D eigenvalue weighted by molar-refractivity contribution is 7.51. The van der Waals surface area contributed by atoms with Gasteiger partial charge in [-0.3, -0.25) is 0 Å². The van der Waals surface area contributed by atoms with E-state index in [0.717, 1.165) is 6.54 Å². The van der Waals surface area contributed by atoms with E-state index in [9.17, 15) is 0 Å². The molecule has 0 amide bonds. The maximum absolute atomic E-state index is 4.12. The predicted octanol–water partition coefficient (Wildman–Crippen LogP) is 4.49. The minimum absolute atomic E-state index is 0.982. The van der Waals surface area contributed by atoms with Crippen LogP contribution in [0.25, 0.3) is 0 Å². The van der Waals surface area contributed by atoms with Gasteiger partial charge in [0.2, 0.25) is 0 Å². The van der Waals surface area contributed by atoms with Gasteiger partial charge in [-0.1, -0.05) is 106 Å². The Kier molecular flexibility index (Phi) is 6.09. The number of hydrogen-bond donors (Lipinski definition) is 0. The lowest BCUT2D eigenvalue weighted by Gasteiger charge is -2.55. The van der Waals surface area contributed by atoms with Crippen molar-refractivity contribution in [3.8, 4) is 0 Å². The summed E-state index contributed by atoms with van der Waals surface area (Å²) in [6.45, 7) is 20.3. The minimum Gasteiger partial charge on any atom is -0.337 e. The third-order valence-corrected chi connectivity index (χ3v) is 25.0. The van der Waals surface area contributed by atoms with E-state index in [1.165, 1.54) is 0 Å². The van der Waals surface area contributed by atoms with Gasteiger partial charge in [-0.05, 0) is 10.4 Å². The summed E-state index contributed by atoms with van der Waals surface area (Å²) < 4.78 is 2.93. The lowest BCUT2D eigenvalue weighted by atomic mass is 10.4. The zero-order valence-corrected chi connectivity index (χ0v) is 19.7. The summed E-state index contributed by atoms with van der Waals surface area (Å²) in [6.07, 6.45) is 2.12. The summed E-state index contributed by atoms with van der Waals surface area (Å²) in [6, 6.07) is 22.7. The van der Waals surface area contributed by atoms with E-state index < -0.39 is 23.6 Å². The van der Waals surface area contributed by atoms with Crippen LogP contribution in [0.1, 0.15) is 0 Å². The van der Waals surface area contributed by atoms with Crippen LogP contribution in [0.2, 0.25) is 39.3 Å². The van der Waals surface area contributed by atoms with E-state index in [0.29, 0.717) is 0 Å². The number of hydrogen-bond acceptors (Lipinski definition) is 1. The largest absolute Gasteiger partial charge is 0.337 e. The second-order valence-corrected chi connectivity index (χ2v) is 28.4. The molecule has 134 valence electrons. The third-order valence-electron chi connectivity index (χ3n) is 4.99. The standard InChI is InChI=1S/C21H33NSi3/c1-8-19-22(23(2,3)4)25(24(5,6)7,20-15-11-9-12-16-20)21-17-13-10-14-18-21/h8-18H,1,19H2,2-7H3. The zero-order chi connectivity index (χ0) is 18.7. The Hall–Kier alpha value is -1.21. The summed E-state index contributed by atoms with van der Waals surface area (Å²) in [5, 5.41) is 3.12. The highest BCUT2D eigenvalue weighted by Gasteiger charge is 2.55. The summed E-state index contributed by atoms with van der Waals surface area (Å²) in [5.41, 5.74) is 0. The molecule has 1 nitrogen and oxygen atoms in total. The van der Waals surface area contributed by atoms with E-state index in [1.54, 1.807) is 10.4 Å². The van der Waals surface area contributed by atoms with E-state index >= 15 is 0 Å². The number of rotatable bonds is 7. The minimum atomic E-state index is -2.07. The van der Waals surface area contributed by atoms with E-state index in [4.69, 9.17) is 0 Å². The van der Waals surface area contributed by atoms with Gasteiger partial charge in [0.25, 0.3) is 0 Å². The van der Waals surface area contributed by atoms with Gasteiger partial charge >= 0.3 is 0 Å². The van der Waals surface area contributed by atoms with Crippen LogP contribution in [-0.2, 0) is 0 Å². The van der Waals surface area contributed by atoms with Crippen molar-refractivity contribution in [2.45, 2.75) is 39.3 Å². The lowest BCUT2D eigenvalue weighted by molar-refractivity contribution is 0.709. The SMILES string of the molecule is C=CCN([Si](C)(C)C)[Si](c1ccccc1)(c1ccccc1)[Si](C)(C)C. The summed E-state index contributed by atoms with van der Waals surface area (Å²) in [4.78, 5) is 0. The average molecular weight is 384 g/mol. The Morgan fingerprint density at radius 1 is 0.760 bits per heavy atom. The van der Waals surface area contributed by atoms with Gasteiger partial charge in [0, 0.05) is 6.54 Å². The van der Waals surface area contributed by atoms with Crippen LogP contribution in [0.3, 0.4) is 0 Å². The Balaban J connectivity index is 2.92. The molecule has 2 aromatic carbocycles. The molecular weight excluding hydrogens is 350 g/mol. The van der Waals surface area contributed by atoms with Gasteiger partial charge in [0.05, 0.1) is 7.59 Å². The lowest BCUT2D eigenvalue weighted by Crippen LogP contribution is -2.85. The molecular formula is C21H33NSi3. The van der Waals surface area contributed by atoms with Crippen LogP contribution < -0.4 is 10.4 Å². The van der Waals surface area contributed by atoms with Crippen LogP contribution in [0.15, 0.2) is 73.3 Å². The highest BCUT2D eigenvalue weighted by atomic mass is 29.3. The van der Waals surface area contributed by atoms with Gasteiger partial charge in [-0.25, -0.2) is 0 Å². The first-order valence-electron chi connectivity index (χ1n) is 9.15.